The number of rotatable bonds is 7. The van der Waals surface area contributed by atoms with E-state index in [9.17, 15) is 25.3 Å². The van der Waals surface area contributed by atoms with E-state index < -0.39 is 10.5 Å². The van der Waals surface area contributed by atoms with Gasteiger partial charge in [-0.25, -0.2) is 0 Å². The van der Waals surface area contributed by atoms with Gasteiger partial charge in [-0.05, 0) is 55.2 Å². The second-order valence-electron chi connectivity index (χ2n) is 7.39. The number of nitriles is 1. The number of nitro groups is 1. The third-order valence-corrected chi connectivity index (χ3v) is 5.35. The zero-order chi connectivity index (χ0) is 24.1. The van der Waals surface area contributed by atoms with Crippen molar-refractivity contribution in [3.05, 3.63) is 90.7 Å². The quantitative estimate of drug-likeness (QED) is 0.332. The molecule has 0 bridgehead atoms. The Bertz CT molecular complexity index is 1330. The van der Waals surface area contributed by atoms with Crippen LogP contribution in [0.3, 0.4) is 0 Å². The second-order valence-corrected chi connectivity index (χ2v) is 7.39. The molecular weight excluding hydrogens is 424 g/mol. The molecule has 0 aliphatic rings. The van der Waals surface area contributed by atoms with Gasteiger partial charge in [-0.3, -0.25) is 24.5 Å². The maximum Gasteiger partial charge on any atom is 0.271 e. The summed E-state index contributed by atoms with van der Waals surface area (Å²) in [5, 5.41) is 31.3. The Morgan fingerprint density at radius 2 is 1.94 bits per heavy atom. The predicted octanol–water partition coefficient (Wildman–Crippen LogP) is 3.95. The maximum atomic E-state index is 12.8. The topological polar surface area (TPSA) is 131 Å². The van der Waals surface area contributed by atoms with Crippen LogP contribution in [0, 0.1) is 35.3 Å². The number of nitrogens with zero attached hydrogens (tertiary/aromatic N) is 4. The van der Waals surface area contributed by atoms with E-state index in [0.717, 1.165) is 10.1 Å². The summed E-state index contributed by atoms with van der Waals surface area (Å²) in [4.78, 5) is 27.6. The minimum atomic E-state index is -0.579. The van der Waals surface area contributed by atoms with E-state index in [0.29, 0.717) is 29.0 Å². The highest BCUT2D eigenvalue weighted by atomic mass is 16.6. The van der Waals surface area contributed by atoms with E-state index in [-0.39, 0.29) is 29.2 Å². The van der Waals surface area contributed by atoms with E-state index in [1.54, 1.807) is 33.1 Å². The number of benzene rings is 2. The zero-order valence-electron chi connectivity index (χ0n) is 18.4. The number of aromatic hydroxyl groups is 1. The van der Waals surface area contributed by atoms with Crippen molar-refractivity contribution >= 4 is 17.6 Å². The number of methoxy groups -OCH3 is 1. The van der Waals surface area contributed by atoms with Gasteiger partial charge in [0, 0.05) is 24.9 Å². The normalized spacial score (nSPS) is 10.8. The summed E-state index contributed by atoms with van der Waals surface area (Å²) in [6.07, 6.45) is 1.81. The molecular formula is C24H22N4O5. The molecule has 1 heterocycles. The number of ether oxygens (including phenoxy) is 1. The van der Waals surface area contributed by atoms with Crippen LogP contribution in [0.25, 0.3) is 0 Å². The van der Waals surface area contributed by atoms with Gasteiger partial charge in [0.1, 0.15) is 17.4 Å². The first kappa shape index (κ1) is 23.2. The molecule has 0 fully saturated rings. The molecule has 0 amide bonds. The van der Waals surface area contributed by atoms with Gasteiger partial charge in [0.15, 0.2) is 0 Å². The van der Waals surface area contributed by atoms with E-state index in [4.69, 9.17) is 4.74 Å². The third-order valence-electron chi connectivity index (χ3n) is 5.35. The van der Waals surface area contributed by atoms with Gasteiger partial charge in [-0.1, -0.05) is 12.1 Å². The van der Waals surface area contributed by atoms with Gasteiger partial charge < -0.3 is 9.84 Å². The van der Waals surface area contributed by atoms with E-state index in [2.05, 4.69) is 4.99 Å². The van der Waals surface area contributed by atoms with Crippen LogP contribution in [0.5, 0.6) is 11.6 Å². The van der Waals surface area contributed by atoms with Crippen LogP contribution < -0.4 is 10.3 Å². The number of hydrogen-bond donors (Lipinski definition) is 1. The number of aromatic nitrogens is 1. The summed E-state index contributed by atoms with van der Waals surface area (Å²) in [5.74, 6) is 0.411. The minimum Gasteiger partial charge on any atom is -0.497 e. The van der Waals surface area contributed by atoms with E-state index in [1.165, 1.54) is 24.4 Å². The van der Waals surface area contributed by atoms with Crippen LogP contribution in [0.1, 0.15) is 27.8 Å². The first-order valence-corrected chi connectivity index (χ1v) is 10.0. The van der Waals surface area contributed by atoms with Crippen molar-refractivity contribution in [1.29, 1.82) is 5.26 Å². The van der Waals surface area contributed by atoms with Crippen molar-refractivity contribution in [2.75, 3.05) is 7.11 Å². The van der Waals surface area contributed by atoms with Crippen molar-refractivity contribution in [3.63, 3.8) is 0 Å². The molecule has 0 aliphatic heterocycles. The molecule has 3 aromatic rings. The summed E-state index contributed by atoms with van der Waals surface area (Å²) in [6.45, 7) is 3.41. The van der Waals surface area contributed by atoms with Crippen molar-refractivity contribution in [2.45, 2.75) is 26.8 Å². The number of aryl methyl sites for hydroxylation is 2. The number of hydrogen-bond acceptors (Lipinski definition) is 7. The van der Waals surface area contributed by atoms with Crippen LogP contribution in [0.15, 0.2) is 52.3 Å². The highest BCUT2D eigenvalue weighted by molar-refractivity contribution is 5.87. The van der Waals surface area contributed by atoms with Gasteiger partial charge in [0.2, 0.25) is 5.88 Å². The second kappa shape index (κ2) is 9.78. The lowest BCUT2D eigenvalue weighted by Gasteiger charge is -2.14. The molecule has 0 radical (unpaired) electrons. The Morgan fingerprint density at radius 1 is 1.24 bits per heavy atom. The van der Waals surface area contributed by atoms with E-state index in [1.807, 2.05) is 18.2 Å². The Balaban J connectivity index is 1.98. The molecule has 1 aromatic heterocycles. The monoisotopic (exact) mass is 446 g/mol. The molecule has 33 heavy (non-hydrogen) atoms. The number of pyridine rings is 1. The number of nitro benzene ring substituents is 1. The maximum absolute atomic E-state index is 12.8. The molecule has 3 rings (SSSR count). The molecule has 0 saturated carbocycles. The lowest BCUT2D eigenvalue weighted by molar-refractivity contribution is -0.384. The fourth-order valence-corrected chi connectivity index (χ4v) is 3.40. The van der Waals surface area contributed by atoms with Crippen molar-refractivity contribution in [2.24, 2.45) is 4.99 Å². The molecule has 0 atom stereocenters. The summed E-state index contributed by atoms with van der Waals surface area (Å²) < 4.78 is 6.29. The Labute approximate surface area is 190 Å². The molecule has 0 spiro atoms. The molecule has 168 valence electrons. The minimum absolute atomic E-state index is 0.0515. The summed E-state index contributed by atoms with van der Waals surface area (Å²) in [5.41, 5.74) is 1.80. The predicted molar refractivity (Wildman–Crippen MR) is 124 cm³/mol. The fourth-order valence-electron chi connectivity index (χ4n) is 3.40. The van der Waals surface area contributed by atoms with Crippen molar-refractivity contribution < 1.29 is 14.8 Å². The lowest BCUT2D eigenvalue weighted by Crippen LogP contribution is -2.26. The molecule has 0 aliphatic carbocycles. The van der Waals surface area contributed by atoms with Crippen LogP contribution in [0.4, 0.5) is 11.4 Å². The number of aliphatic imine (C=N–C) groups is 1. The summed E-state index contributed by atoms with van der Waals surface area (Å²) in [7, 11) is 1.57. The van der Waals surface area contributed by atoms with Crippen molar-refractivity contribution in [1.82, 2.24) is 4.57 Å². The van der Waals surface area contributed by atoms with Crippen LogP contribution in [0.2, 0.25) is 0 Å². The highest BCUT2D eigenvalue weighted by Gasteiger charge is 2.18. The third kappa shape index (κ3) is 4.91. The largest absolute Gasteiger partial charge is 0.497 e. The van der Waals surface area contributed by atoms with E-state index >= 15 is 0 Å². The Hall–Kier alpha value is -4.45. The Morgan fingerprint density at radius 3 is 2.52 bits per heavy atom. The molecule has 0 unspecified atom stereocenters. The van der Waals surface area contributed by atoms with Crippen LogP contribution >= 0.6 is 0 Å². The average Bonchev–Trinajstić information content (AvgIpc) is 2.80. The van der Waals surface area contributed by atoms with Crippen molar-refractivity contribution in [3.8, 4) is 17.7 Å². The fraction of sp³-hybridized carbons (Fsp3) is 0.208. The van der Waals surface area contributed by atoms with Crippen LogP contribution in [-0.2, 0) is 13.0 Å². The first-order chi connectivity index (χ1) is 15.8. The average molecular weight is 446 g/mol. The lowest BCUT2D eigenvalue weighted by atomic mass is 10.1. The standard InChI is InChI=1S/C24H22N4O5/c1-15-12-18(28(31)32)6-9-22(15)26-14-21-16(2)20(13-25)23(29)27(24(21)30)11-10-17-4-7-19(33-3)8-5-17/h4-9,12,14,30H,10-11H2,1-3H3. The van der Waals surface area contributed by atoms with Gasteiger partial charge in [0.25, 0.3) is 11.2 Å². The SMILES string of the molecule is COc1ccc(CCn2c(O)c(C=Nc3ccc([N+](=O)[O-])cc3C)c(C)c(C#N)c2=O)cc1. The number of non-ortho nitro benzene ring substituents is 1. The summed E-state index contributed by atoms with van der Waals surface area (Å²) in [6, 6.07) is 13.5. The smallest absolute Gasteiger partial charge is 0.271 e. The molecule has 1 N–H and O–H groups in total. The van der Waals surface area contributed by atoms with Gasteiger partial charge in [0.05, 0.1) is 23.3 Å². The highest BCUT2D eigenvalue weighted by Crippen LogP contribution is 2.26. The van der Waals surface area contributed by atoms with Gasteiger partial charge in [-0.2, -0.15) is 5.26 Å². The molecule has 0 saturated heterocycles. The zero-order valence-corrected chi connectivity index (χ0v) is 18.4. The molecule has 9 heteroatoms. The summed E-state index contributed by atoms with van der Waals surface area (Å²) >= 11 is 0. The molecule has 9 nitrogen and oxygen atoms in total. The molecule has 2 aromatic carbocycles. The van der Waals surface area contributed by atoms with Crippen LogP contribution in [-0.4, -0.2) is 27.9 Å². The van der Waals surface area contributed by atoms with Gasteiger partial charge >= 0.3 is 0 Å². The Kier molecular flexibility index (Phi) is 6.88. The first-order valence-electron chi connectivity index (χ1n) is 10.0. The van der Waals surface area contributed by atoms with Gasteiger partial charge in [-0.15, -0.1) is 0 Å².